The molecule has 2 atom stereocenters. The summed E-state index contributed by atoms with van der Waals surface area (Å²) in [6.07, 6.45) is 0.659. The second kappa shape index (κ2) is 7.40. The van der Waals surface area contributed by atoms with Gasteiger partial charge in [-0.2, -0.15) is 0 Å². The molecule has 1 fully saturated rings. The van der Waals surface area contributed by atoms with Crippen molar-refractivity contribution in [3.8, 4) is 0 Å². The lowest BCUT2D eigenvalue weighted by Gasteiger charge is -2.28. The van der Waals surface area contributed by atoms with Crippen LogP contribution in [0.3, 0.4) is 0 Å². The van der Waals surface area contributed by atoms with E-state index in [0.29, 0.717) is 19.5 Å². The van der Waals surface area contributed by atoms with Crippen molar-refractivity contribution >= 4 is 5.97 Å². The second-order valence-electron chi connectivity index (χ2n) is 5.91. The fourth-order valence-corrected chi connectivity index (χ4v) is 2.76. The second-order valence-corrected chi connectivity index (χ2v) is 5.91. The topological polar surface area (TPSA) is 53.1 Å². The molecule has 120 valence electrons. The quantitative estimate of drug-likeness (QED) is 0.761. The van der Waals surface area contributed by atoms with Gasteiger partial charge in [0.05, 0.1) is 12.7 Å². The summed E-state index contributed by atoms with van der Waals surface area (Å²) in [5.41, 5.74) is 2.15. The lowest BCUT2D eigenvalue weighted by molar-refractivity contribution is -0.143. The van der Waals surface area contributed by atoms with Crippen LogP contribution in [0.5, 0.6) is 0 Å². The zero-order chi connectivity index (χ0) is 16.1. The maximum absolute atomic E-state index is 11.9. The van der Waals surface area contributed by atoms with Gasteiger partial charge in [0.25, 0.3) is 0 Å². The summed E-state index contributed by atoms with van der Waals surface area (Å²) >= 11 is 0. The molecule has 23 heavy (non-hydrogen) atoms. The van der Waals surface area contributed by atoms with E-state index in [4.69, 9.17) is 4.74 Å². The number of aliphatic carboxylic acids is 1. The molecule has 2 aromatic rings. The smallest absolute Gasteiger partial charge is 0.321 e. The Labute approximate surface area is 136 Å². The van der Waals surface area contributed by atoms with E-state index < -0.39 is 12.0 Å². The Morgan fingerprint density at radius 2 is 1.65 bits per heavy atom. The molecule has 4 nitrogen and oxygen atoms in total. The molecule has 3 rings (SSSR count). The summed E-state index contributed by atoms with van der Waals surface area (Å²) in [6.45, 7) is 1.99. The van der Waals surface area contributed by atoms with Crippen molar-refractivity contribution in [2.75, 3.05) is 13.2 Å². The predicted molar refractivity (Wildman–Crippen MR) is 88.2 cm³/mol. The number of carboxylic acids is 1. The van der Waals surface area contributed by atoms with E-state index in [0.717, 1.165) is 17.7 Å². The fourth-order valence-electron chi connectivity index (χ4n) is 2.76. The van der Waals surface area contributed by atoms with Gasteiger partial charge in [0.2, 0.25) is 0 Å². The third kappa shape index (κ3) is 4.65. The van der Waals surface area contributed by atoms with E-state index in [1.54, 1.807) is 0 Å². The Morgan fingerprint density at radius 1 is 1.09 bits per heavy atom. The van der Waals surface area contributed by atoms with Gasteiger partial charge in [-0.15, -0.1) is 0 Å². The van der Waals surface area contributed by atoms with Crippen LogP contribution in [0.4, 0.5) is 0 Å². The van der Waals surface area contributed by atoms with E-state index in [9.17, 15) is 9.90 Å². The molecule has 1 saturated heterocycles. The van der Waals surface area contributed by atoms with Crippen LogP contribution < -0.4 is 0 Å². The number of carbonyl (C=O) groups is 1. The van der Waals surface area contributed by atoms with Crippen LogP contribution in [0, 0.1) is 0 Å². The van der Waals surface area contributed by atoms with Crippen LogP contribution in [0.25, 0.3) is 0 Å². The third-order valence-corrected chi connectivity index (χ3v) is 4.07. The van der Waals surface area contributed by atoms with Gasteiger partial charge in [-0.3, -0.25) is 9.69 Å². The number of ether oxygens (including phenoxy) is 1. The van der Waals surface area contributed by atoms with Gasteiger partial charge < -0.3 is 9.84 Å². The Morgan fingerprint density at radius 3 is 2.17 bits per heavy atom. The number of hydrogen-bond acceptors (Lipinski definition) is 3. The molecule has 0 amide bonds. The predicted octanol–water partition coefficient (Wildman–Crippen LogP) is 2.58. The monoisotopic (exact) mass is 311 g/mol. The van der Waals surface area contributed by atoms with Crippen LogP contribution in [0.15, 0.2) is 60.7 Å². The Bertz CT molecular complexity index is 626. The highest BCUT2D eigenvalue weighted by molar-refractivity contribution is 5.74. The Hall–Kier alpha value is -2.17. The molecule has 0 aromatic heterocycles. The van der Waals surface area contributed by atoms with E-state index in [2.05, 4.69) is 0 Å². The van der Waals surface area contributed by atoms with E-state index in [1.165, 1.54) is 0 Å². The number of epoxide rings is 1. The van der Waals surface area contributed by atoms with Crippen LogP contribution in [0.1, 0.15) is 11.1 Å². The van der Waals surface area contributed by atoms with Crippen LogP contribution in [0.2, 0.25) is 0 Å². The maximum atomic E-state index is 11.9. The van der Waals surface area contributed by atoms with E-state index >= 15 is 0 Å². The van der Waals surface area contributed by atoms with E-state index in [1.807, 2.05) is 65.6 Å². The molecule has 0 saturated carbocycles. The molecular formula is C19H21NO3. The normalized spacial score (nSPS) is 17.9. The highest BCUT2D eigenvalue weighted by atomic mass is 16.6. The average molecular weight is 311 g/mol. The summed E-state index contributed by atoms with van der Waals surface area (Å²) < 4.78 is 5.32. The van der Waals surface area contributed by atoms with Gasteiger partial charge in [-0.1, -0.05) is 60.7 Å². The molecule has 1 heterocycles. The van der Waals surface area contributed by atoms with Gasteiger partial charge in [0.1, 0.15) is 6.04 Å². The molecular weight excluding hydrogens is 290 g/mol. The van der Waals surface area contributed by atoms with Crippen LogP contribution in [-0.2, 0) is 22.5 Å². The summed E-state index contributed by atoms with van der Waals surface area (Å²) in [7, 11) is 0. The Kier molecular flexibility index (Phi) is 5.05. The Balaban J connectivity index is 1.77. The van der Waals surface area contributed by atoms with E-state index in [-0.39, 0.29) is 6.10 Å². The minimum atomic E-state index is -0.787. The first-order chi connectivity index (χ1) is 11.2. The molecule has 1 aliphatic heterocycles. The third-order valence-electron chi connectivity index (χ3n) is 4.07. The lowest BCUT2D eigenvalue weighted by Crippen LogP contribution is -2.44. The van der Waals surface area contributed by atoms with Gasteiger partial charge >= 0.3 is 5.97 Å². The van der Waals surface area contributed by atoms with Crippen molar-refractivity contribution in [3.05, 3.63) is 71.8 Å². The first kappa shape index (κ1) is 15.7. The van der Waals surface area contributed by atoms with Crippen molar-refractivity contribution in [2.45, 2.75) is 25.1 Å². The highest BCUT2D eigenvalue weighted by Crippen LogP contribution is 2.19. The van der Waals surface area contributed by atoms with Crippen molar-refractivity contribution in [1.82, 2.24) is 4.90 Å². The molecule has 4 heteroatoms. The van der Waals surface area contributed by atoms with Gasteiger partial charge in [0, 0.05) is 13.1 Å². The number of carboxylic acid groups (broad SMARTS) is 1. The zero-order valence-corrected chi connectivity index (χ0v) is 13.0. The lowest BCUT2D eigenvalue weighted by atomic mass is 10.0. The summed E-state index contributed by atoms with van der Waals surface area (Å²) in [5, 5.41) is 9.73. The first-order valence-corrected chi connectivity index (χ1v) is 7.88. The minimum Gasteiger partial charge on any atom is -0.480 e. The maximum Gasteiger partial charge on any atom is 0.321 e. The van der Waals surface area contributed by atoms with Gasteiger partial charge in [-0.05, 0) is 17.5 Å². The molecule has 0 bridgehead atoms. The van der Waals surface area contributed by atoms with Crippen LogP contribution in [-0.4, -0.2) is 41.3 Å². The summed E-state index contributed by atoms with van der Waals surface area (Å²) in [6, 6.07) is 19.2. The van der Waals surface area contributed by atoms with Gasteiger partial charge in [0.15, 0.2) is 0 Å². The molecule has 0 spiro atoms. The zero-order valence-electron chi connectivity index (χ0n) is 13.0. The van der Waals surface area contributed by atoms with Crippen molar-refractivity contribution < 1.29 is 14.6 Å². The standard InChI is InChI=1S/C19H21NO3/c21-19(22)18(11-15-7-3-1-4-8-15)20(13-17-14-23-17)12-16-9-5-2-6-10-16/h1-10,17-18H,11-14H2,(H,21,22)/t17?,18-/m0/s1. The molecule has 2 aromatic carbocycles. The molecule has 1 aliphatic rings. The SMILES string of the molecule is O=C(O)[C@H](Cc1ccccc1)N(Cc1ccccc1)CC1CO1. The molecule has 1 unspecified atom stereocenters. The number of hydrogen-bond donors (Lipinski definition) is 1. The van der Waals surface area contributed by atoms with Crippen LogP contribution >= 0.6 is 0 Å². The van der Waals surface area contributed by atoms with Crippen molar-refractivity contribution in [1.29, 1.82) is 0 Å². The van der Waals surface area contributed by atoms with Gasteiger partial charge in [-0.25, -0.2) is 0 Å². The number of rotatable bonds is 8. The summed E-state index contributed by atoms with van der Waals surface area (Å²) in [4.78, 5) is 13.9. The summed E-state index contributed by atoms with van der Waals surface area (Å²) in [5.74, 6) is -0.787. The largest absolute Gasteiger partial charge is 0.480 e. The number of benzene rings is 2. The average Bonchev–Trinajstić information content (AvgIpc) is 3.38. The first-order valence-electron chi connectivity index (χ1n) is 7.88. The molecule has 0 aliphatic carbocycles. The molecule has 0 radical (unpaired) electrons. The minimum absolute atomic E-state index is 0.163. The highest BCUT2D eigenvalue weighted by Gasteiger charge is 2.32. The molecule has 1 N–H and O–H groups in total. The number of nitrogens with zero attached hydrogens (tertiary/aromatic N) is 1. The van der Waals surface area contributed by atoms with Crippen molar-refractivity contribution in [3.63, 3.8) is 0 Å². The fraction of sp³-hybridized carbons (Fsp3) is 0.316. The van der Waals surface area contributed by atoms with Crippen molar-refractivity contribution in [2.24, 2.45) is 0 Å².